The minimum atomic E-state index is 0.877. The van der Waals surface area contributed by atoms with Crippen molar-refractivity contribution in [3.63, 3.8) is 0 Å². The highest BCUT2D eigenvalue weighted by molar-refractivity contribution is 7.12. The molecule has 0 aliphatic carbocycles. The van der Waals surface area contributed by atoms with E-state index < -0.39 is 0 Å². The summed E-state index contributed by atoms with van der Waals surface area (Å²) in [6.07, 6.45) is 3.07. The van der Waals surface area contributed by atoms with E-state index in [1.165, 1.54) is 19.6 Å². The average Bonchev–Trinajstić information content (AvgIpc) is 2.88. The molecule has 0 bridgehead atoms. The van der Waals surface area contributed by atoms with Crippen LogP contribution in [0.2, 0.25) is 0 Å². The lowest BCUT2D eigenvalue weighted by Crippen LogP contribution is -2.11. The number of thiazole rings is 1. The van der Waals surface area contributed by atoms with Gasteiger partial charge in [-0.25, -0.2) is 4.98 Å². The van der Waals surface area contributed by atoms with Gasteiger partial charge in [0.15, 0.2) is 0 Å². The van der Waals surface area contributed by atoms with E-state index in [2.05, 4.69) is 36.3 Å². The van der Waals surface area contributed by atoms with Gasteiger partial charge < -0.3 is 5.32 Å². The fourth-order valence-electron chi connectivity index (χ4n) is 1.47. The van der Waals surface area contributed by atoms with Crippen molar-refractivity contribution in [3.8, 4) is 0 Å². The number of nitrogens with zero attached hydrogens (tertiary/aromatic N) is 1. The first-order chi connectivity index (χ1) is 7.78. The summed E-state index contributed by atoms with van der Waals surface area (Å²) < 4.78 is 0. The van der Waals surface area contributed by atoms with Gasteiger partial charge >= 0.3 is 0 Å². The van der Waals surface area contributed by atoms with E-state index in [-0.39, 0.29) is 0 Å². The van der Waals surface area contributed by atoms with E-state index in [1.54, 1.807) is 11.3 Å². The van der Waals surface area contributed by atoms with Crippen molar-refractivity contribution in [1.82, 2.24) is 10.3 Å². The van der Waals surface area contributed by atoms with Crippen molar-refractivity contribution in [3.05, 3.63) is 38.0 Å². The lowest BCUT2D eigenvalue weighted by molar-refractivity contribution is 0.697. The highest BCUT2D eigenvalue weighted by Crippen LogP contribution is 2.16. The minimum absolute atomic E-state index is 0.877. The van der Waals surface area contributed by atoms with Crippen LogP contribution < -0.4 is 5.32 Å². The first kappa shape index (κ1) is 11.8. The molecule has 0 amide bonds. The molecule has 2 aromatic heterocycles. The third-order valence-corrected chi connectivity index (χ3v) is 4.46. The van der Waals surface area contributed by atoms with E-state index in [9.17, 15) is 0 Å². The van der Waals surface area contributed by atoms with Gasteiger partial charge in [0, 0.05) is 33.9 Å². The lowest BCUT2D eigenvalue weighted by Gasteiger charge is -1.99. The molecule has 2 rings (SSSR count). The van der Waals surface area contributed by atoms with Crippen molar-refractivity contribution in [2.75, 3.05) is 0 Å². The quantitative estimate of drug-likeness (QED) is 0.882. The molecule has 0 radical (unpaired) electrons. The first-order valence-electron chi connectivity index (χ1n) is 5.47. The standard InChI is InChI=1S/C12H16N2S2/c1-3-10-7-14-12(16-10)8-13-6-11-5-4-9(2)15-11/h4-5,7,13H,3,6,8H2,1-2H3. The zero-order chi connectivity index (χ0) is 11.4. The lowest BCUT2D eigenvalue weighted by atomic mass is 10.4. The maximum absolute atomic E-state index is 4.38. The average molecular weight is 252 g/mol. The SMILES string of the molecule is CCc1cnc(CNCc2ccc(C)s2)s1. The Bertz CT molecular complexity index is 445. The van der Waals surface area contributed by atoms with Crippen molar-refractivity contribution >= 4 is 22.7 Å². The largest absolute Gasteiger partial charge is 0.306 e. The molecule has 0 aliphatic heterocycles. The van der Waals surface area contributed by atoms with Crippen molar-refractivity contribution in [1.29, 1.82) is 0 Å². The Balaban J connectivity index is 1.79. The monoisotopic (exact) mass is 252 g/mol. The Morgan fingerprint density at radius 3 is 2.69 bits per heavy atom. The molecule has 0 saturated heterocycles. The van der Waals surface area contributed by atoms with Crippen LogP contribution in [0, 0.1) is 6.92 Å². The van der Waals surface area contributed by atoms with Crippen LogP contribution in [0.4, 0.5) is 0 Å². The number of nitrogens with one attached hydrogen (secondary N) is 1. The maximum Gasteiger partial charge on any atom is 0.107 e. The van der Waals surface area contributed by atoms with Crippen molar-refractivity contribution < 1.29 is 0 Å². The van der Waals surface area contributed by atoms with Gasteiger partial charge in [0.05, 0.1) is 0 Å². The third kappa shape index (κ3) is 3.14. The van der Waals surface area contributed by atoms with E-state index in [0.29, 0.717) is 0 Å². The highest BCUT2D eigenvalue weighted by atomic mass is 32.1. The van der Waals surface area contributed by atoms with Crippen LogP contribution in [0.15, 0.2) is 18.3 Å². The van der Waals surface area contributed by atoms with E-state index in [1.807, 2.05) is 17.5 Å². The Morgan fingerprint density at radius 2 is 2.06 bits per heavy atom. The molecular weight excluding hydrogens is 236 g/mol. The molecular formula is C12H16N2S2. The third-order valence-electron chi connectivity index (χ3n) is 2.32. The molecule has 2 nitrogen and oxygen atoms in total. The smallest absolute Gasteiger partial charge is 0.107 e. The van der Waals surface area contributed by atoms with Gasteiger partial charge in [-0.15, -0.1) is 22.7 Å². The Kier molecular flexibility index (Phi) is 4.09. The highest BCUT2D eigenvalue weighted by Gasteiger charge is 2.01. The van der Waals surface area contributed by atoms with Crippen LogP contribution in [0.1, 0.15) is 26.6 Å². The molecule has 86 valence electrons. The normalized spacial score (nSPS) is 10.9. The van der Waals surface area contributed by atoms with Gasteiger partial charge in [-0.3, -0.25) is 0 Å². The van der Waals surface area contributed by atoms with Gasteiger partial charge in [-0.05, 0) is 25.5 Å². The molecule has 0 fully saturated rings. The Hall–Kier alpha value is -0.710. The zero-order valence-corrected chi connectivity index (χ0v) is 11.3. The second-order valence-electron chi connectivity index (χ2n) is 3.69. The maximum atomic E-state index is 4.38. The second kappa shape index (κ2) is 5.57. The number of aryl methyl sites for hydroxylation is 2. The van der Waals surface area contributed by atoms with Crippen LogP contribution in [0.25, 0.3) is 0 Å². The van der Waals surface area contributed by atoms with Crippen LogP contribution in [0.5, 0.6) is 0 Å². The van der Waals surface area contributed by atoms with Crippen LogP contribution >= 0.6 is 22.7 Å². The summed E-state index contributed by atoms with van der Waals surface area (Å²) in [7, 11) is 0. The van der Waals surface area contributed by atoms with E-state index in [0.717, 1.165) is 19.5 Å². The summed E-state index contributed by atoms with van der Waals surface area (Å²) >= 11 is 3.66. The van der Waals surface area contributed by atoms with Crippen molar-refractivity contribution in [2.24, 2.45) is 0 Å². The zero-order valence-electron chi connectivity index (χ0n) is 9.62. The fourth-order valence-corrected chi connectivity index (χ4v) is 3.16. The molecule has 2 heterocycles. The summed E-state index contributed by atoms with van der Waals surface area (Å²) in [5.74, 6) is 0. The number of aromatic nitrogens is 1. The summed E-state index contributed by atoms with van der Waals surface area (Å²) in [4.78, 5) is 8.52. The van der Waals surface area contributed by atoms with Gasteiger partial charge in [-0.2, -0.15) is 0 Å². The summed E-state index contributed by atoms with van der Waals surface area (Å²) in [5, 5.41) is 4.61. The number of hydrogen-bond acceptors (Lipinski definition) is 4. The molecule has 0 unspecified atom stereocenters. The molecule has 0 spiro atoms. The van der Waals surface area contributed by atoms with Gasteiger partial charge in [0.25, 0.3) is 0 Å². The molecule has 1 N–H and O–H groups in total. The Morgan fingerprint density at radius 1 is 1.19 bits per heavy atom. The molecule has 0 aromatic carbocycles. The summed E-state index contributed by atoms with van der Waals surface area (Å²) in [6, 6.07) is 4.35. The fraction of sp³-hybridized carbons (Fsp3) is 0.417. The molecule has 0 aliphatic rings. The van der Waals surface area contributed by atoms with Crippen LogP contribution in [-0.4, -0.2) is 4.98 Å². The Labute approximate surface area is 104 Å². The number of thiophene rings is 1. The van der Waals surface area contributed by atoms with E-state index >= 15 is 0 Å². The topological polar surface area (TPSA) is 24.9 Å². The predicted octanol–water partition coefficient (Wildman–Crippen LogP) is 3.37. The van der Waals surface area contributed by atoms with Gasteiger partial charge in [-0.1, -0.05) is 6.92 Å². The van der Waals surface area contributed by atoms with Gasteiger partial charge in [0.1, 0.15) is 5.01 Å². The summed E-state index contributed by atoms with van der Waals surface area (Å²) in [6.45, 7) is 6.13. The van der Waals surface area contributed by atoms with E-state index in [4.69, 9.17) is 0 Å². The van der Waals surface area contributed by atoms with Crippen molar-refractivity contribution in [2.45, 2.75) is 33.4 Å². The number of hydrogen-bond donors (Lipinski definition) is 1. The predicted molar refractivity (Wildman–Crippen MR) is 71.1 cm³/mol. The molecule has 0 atom stereocenters. The molecule has 4 heteroatoms. The number of rotatable bonds is 5. The van der Waals surface area contributed by atoms with Crippen LogP contribution in [-0.2, 0) is 19.5 Å². The van der Waals surface area contributed by atoms with Gasteiger partial charge in [0.2, 0.25) is 0 Å². The summed E-state index contributed by atoms with van der Waals surface area (Å²) in [5.41, 5.74) is 0. The molecule has 0 saturated carbocycles. The molecule has 2 aromatic rings. The first-order valence-corrected chi connectivity index (χ1v) is 7.11. The van der Waals surface area contributed by atoms with Crippen LogP contribution in [0.3, 0.4) is 0 Å². The second-order valence-corrected chi connectivity index (χ2v) is 6.26. The minimum Gasteiger partial charge on any atom is -0.306 e. The molecule has 16 heavy (non-hydrogen) atoms.